The van der Waals surface area contributed by atoms with Crippen molar-refractivity contribution in [2.45, 2.75) is 70.0 Å². The van der Waals surface area contributed by atoms with Crippen molar-refractivity contribution in [3.8, 4) is 11.3 Å². The summed E-state index contributed by atoms with van der Waals surface area (Å²) in [6.07, 6.45) is 7.03. The van der Waals surface area contributed by atoms with Gasteiger partial charge in [0.15, 0.2) is 0 Å². The average molecular weight is 536 g/mol. The first-order valence-corrected chi connectivity index (χ1v) is 14.6. The van der Waals surface area contributed by atoms with Crippen LogP contribution in [-0.4, -0.2) is 51.9 Å². The Hall–Kier alpha value is -3.04. The first-order valence-electron chi connectivity index (χ1n) is 13.7. The quantitative estimate of drug-likeness (QED) is 0.477. The summed E-state index contributed by atoms with van der Waals surface area (Å²) in [6, 6.07) is 8.50. The number of fused-ring (bicyclic) bond motifs is 1. The topological polar surface area (TPSA) is 96.3 Å². The summed E-state index contributed by atoms with van der Waals surface area (Å²) in [5, 5.41) is 9.94. The molecule has 5 rings (SSSR count). The van der Waals surface area contributed by atoms with Crippen LogP contribution in [0.2, 0.25) is 0 Å². The molecule has 2 aliphatic rings. The lowest BCUT2D eigenvalue weighted by Crippen LogP contribution is -2.55. The highest BCUT2D eigenvalue weighted by molar-refractivity contribution is 7.10. The van der Waals surface area contributed by atoms with Gasteiger partial charge in [0.2, 0.25) is 11.8 Å². The summed E-state index contributed by atoms with van der Waals surface area (Å²) in [5.41, 5.74) is 2.37. The molecule has 3 aromatic rings. The number of aryl methyl sites for hydroxylation is 1. The highest BCUT2D eigenvalue weighted by Crippen LogP contribution is 2.38. The van der Waals surface area contributed by atoms with E-state index >= 15 is 0 Å². The van der Waals surface area contributed by atoms with E-state index in [9.17, 15) is 14.4 Å². The monoisotopic (exact) mass is 535 g/mol. The van der Waals surface area contributed by atoms with Gasteiger partial charge in [0.05, 0.1) is 23.3 Å². The highest BCUT2D eigenvalue weighted by Gasteiger charge is 2.40. The molecule has 2 amide bonds. The fourth-order valence-electron chi connectivity index (χ4n) is 5.91. The number of benzene rings is 1. The van der Waals surface area contributed by atoms with Crippen LogP contribution in [0.25, 0.3) is 22.2 Å². The Morgan fingerprint density at radius 3 is 2.63 bits per heavy atom. The second kappa shape index (κ2) is 11.4. The number of likely N-dealkylation sites (tertiary alicyclic amines) is 1. The molecule has 1 aliphatic carbocycles. The molecule has 1 aliphatic heterocycles. The number of pyridine rings is 1. The Balaban J connectivity index is 1.43. The number of carbonyl (C=O) groups excluding carboxylic acids is 2. The van der Waals surface area contributed by atoms with Crippen molar-refractivity contribution in [3.63, 3.8) is 0 Å². The normalized spacial score (nSPS) is 20.0. The molecule has 0 spiro atoms. The summed E-state index contributed by atoms with van der Waals surface area (Å²) < 4.78 is 1.65. The molecule has 2 N–H and O–H groups in total. The van der Waals surface area contributed by atoms with Gasteiger partial charge in [-0.05, 0) is 51.6 Å². The van der Waals surface area contributed by atoms with Gasteiger partial charge in [0.25, 0.3) is 5.56 Å². The maximum atomic E-state index is 14.0. The van der Waals surface area contributed by atoms with Gasteiger partial charge in [-0.15, -0.1) is 11.3 Å². The van der Waals surface area contributed by atoms with E-state index in [1.807, 2.05) is 41.5 Å². The first kappa shape index (κ1) is 26.6. The van der Waals surface area contributed by atoms with Crippen LogP contribution >= 0.6 is 11.3 Å². The first-order chi connectivity index (χ1) is 18.4. The number of amides is 2. The van der Waals surface area contributed by atoms with Crippen molar-refractivity contribution < 1.29 is 9.59 Å². The highest BCUT2D eigenvalue weighted by atomic mass is 32.1. The Morgan fingerprint density at radius 2 is 1.87 bits per heavy atom. The van der Waals surface area contributed by atoms with Crippen LogP contribution in [0.3, 0.4) is 0 Å². The van der Waals surface area contributed by atoms with Crippen molar-refractivity contribution in [2.24, 2.45) is 13.0 Å². The number of hydrogen-bond donors (Lipinski definition) is 2. The van der Waals surface area contributed by atoms with Gasteiger partial charge < -0.3 is 20.1 Å². The minimum atomic E-state index is -0.514. The molecule has 202 valence electrons. The summed E-state index contributed by atoms with van der Waals surface area (Å²) in [5.74, 6) is 0.0253. The van der Waals surface area contributed by atoms with E-state index in [4.69, 9.17) is 4.98 Å². The molecule has 9 heteroatoms. The Morgan fingerprint density at radius 1 is 1.11 bits per heavy atom. The molecular formula is C29H37N5O3S. The average Bonchev–Trinajstić information content (AvgIpc) is 3.63. The smallest absolute Gasteiger partial charge is 0.251 e. The molecule has 38 heavy (non-hydrogen) atoms. The van der Waals surface area contributed by atoms with E-state index in [1.54, 1.807) is 24.7 Å². The third-order valence-corrected chi connectivity index (χ3v) is 9.23. The van der Waals surface area contributed by atoms with Crippen molar-refractivity contribution in [3.05, 3.63) is 51.1 Å². The summed E-state index contributed by atoms with van der Waals surface area (Å²) >= 11 is 1.54. The van der Waals surface area contributed by atoms with Gasteiger partial charge in [0.1, 0.15) is 11.0 Å². The fraction of sp³-hybridized carbons (Fsp3) is 0.517. The third kappa shape index (κ3) is 5.14. The zero-order chi connectivity index (χ0) is 26.8. The lowest BCUT2D eigenvalue weighted by Gasteiger charge is -2.35. The lowest BCUT2D eigenvalue weighted by molar-refractivity contribution is -0.139. The largest absolute Gasteiger partial charge is 0.343 e. The molecule has 0 radical (unpaired) electrons. The van der Waals surface area contributed by atoms with Crippen molar-refractivity contribution in [1.82, 2.24) is 25.1 Å². The van der Waals surface area contributed by atoms with Crippen LogP contribution < -0.4 is 16.2 Å². The van der Waals surface area contributed by atoms with E-state index in [2.05, 4.69) is 10.6 Å². The van der Waals surface area contributed by atoms with Crippen LogP contribution in [0, 0.1) is 5.92 Å². The standard InChI is InChI=1S/C29H37N5O3S/c1-18(30-2)27(36)32-26(19-10-5-4-6-11-19)29(37)34-15-9-14-24(34)28-31-22(17-38-28)21-16-25(35)33(3)23-13-8-7-12-20(21)23/h7-8,12-13,16-19,24,26,30H,4-6,9-11,14-15H2,1-3H3,(H,32,36)/t18-,24-,26-/m0/s1. The predicted octanol–water partition coefficient (Wildman–Crippen LogP) is 4.00. The number of nitrogens with one attached hydrogen (secondary N) is 2. The number of thiazole rings is 1. The molecule has 0 unspecified atom stereocenters. The van der Waals surface area contributed by atoms with Crippen LogP contribution in [0.4, 0.5) is 0 Å². The zero-order valence-electron chi connectivity index (χ0n) is 22.4. The van der Waals surface area contributed by atoms with Crippen molar-refractivity contribution >= 4 is 34.1 Å². The van der Waals surface area contributed by atoms with E-state index in [0.717, 1.165) is 65.7 Å². The number of hydrogen-bond acceptors (Lipinski definition) is 6. The molecule has 1 saturated carbocycles. The third-order valence-electron chi connectivity index (χ3n) is 8.28. The van der Waals surface area contributed by atoms with Gasteiger partial charge in [-0.2, -0.15) is 0 Å². The number of nitrogens with zero attached hydrogens (tertiary/aromatic N) is 3. The van der Waals surface area contributed by atoms with Crippen molar-refractivity contribution in [1.29, 1.82) is 0 Å². The molecule has 0 bridgehead atoms. The molecular weight excluding hydrogens is 498 g/mol. The molecule has 1 saturated heterocycles. The van der Waals surface area contributed by atoms with E-state index in [0.29, 0.717) is 6.54 Å². The van der Waals surface area contributed by atoms with Gasteiger partial charge >= 0.3 is 0 Å². The zero-order valence-corrected chi connectivity index (χ0v) is 23.2. The van der Waals surface area contributed by atoms with Crippen LogP contribution in [0.15, 0.2) is 40.5 Å². The molecule has 8 nitrogen and oxygen atoms in total. The number of carbonyl (C=O) groups is 2. The summed E-state index contributed by atoms with van der Waals surface area (Å²) in [6.45, 7) is 2.47. The second-order valence-corrected chi connectivity index (χ2v) is 11.5. The fourth-order valence-corrected chi connectivity index (χ4v) is 6.88. The Kier molecular flexibility index (Phi) is 7.95. The van der Waals surface area contributed by atoms with Gasteiger partial charge in [0, 0.05) is 36.0 Å². The van der Waals surface area contributed by atoms with Gasteiger partial charge in [-0.25, -0.2) is 4.98 Å². The van der Waals surface area contributed by atoms with Crippen LogP contribution in [-0.2, 0) is 16.6 Å². The van der Waals surface area contributed by atoms with E-state index in [1.165, 1.54) is 17.8 Å². The Labute approximate surface area is 227 Å². The second-order valence-electron chi connectivity index (χ2n) is 10.6. The number of likely N-dealkylation sites (N-methyl/N-ethyl adjacent to an activating group) is 1. The lowest BCUT2D eigenvalue weighted by atomic mass is 9.83. The maximum Gasteiger partial charge on any atom is 0.251 e. The van der Waals surface area contributed by atoms with Gasteiger partial charge in [-0.1, -0.05) is 37.5 Å². The minimum absolute atomic E-state index is 0.00633. The van der Waals surface area contributed by atoms with E-state index in [-0.39, 0.29) is 35.4 Å². The summed E-state index contributed by atoms with van der Waals surface area (Å²) in [7, 11) is 3.53. The van der Waals surface area contributed by atoms with Crippen LogP contribution in [0.1, 0.15) is 62.9 Å². The number of para-hydroxylation sites is 1. The van der Waals surface area contributed by atoms with E-state index < -0.39 is 6.04 Å². The predicted molar refractivity (Wildman–Crippen MR) is 151 cm³/mol. The van der Waals surface area contributed by atoms with Crippen LogP contribution in [0.5, 0.6) is 0 Å². The molecule has 3 heterocycles. The number of rotatable bonds is 7. The molecule has 2 fully saturated rings. The molecule has 1 aromatic carbocycles. The molecule has 2 aromatic heterocycles. The summed E-state index contributed by atoms with van der Waals surface area (Å²) in [4.78, 5) is 46.4. The number of aromatic nitrogens is 2. The van der Waals surface area contributed by atoms with Crippen molar-refractivity contribution in [2.75, 3.05) is 13.6 Å². The van der Waals surface area contributed by atoms with Gasteiger partial charge in [-0.3, -0.25) is 14.4 Å². The minimum Gasteiger partial charge on any atom is -0.343 e. The maximum absolute atomic E-state index is 14.0. The Bertz CT molecular complexity index is 1380. The molecule has 3 atom stereocenters. The SMILES string of the molecule is CN[C@@H](C)C(=O)N[C@H](C(=O)N1CCC[C@H]1c1nc(-c2cc(=O)n(C)c3ccccc23)cs1)C1CCCCC1.